The first-order valence-electron chi connectivity index (χ1n) is 9.60. The number of aromatic nitrogens is 4. The van der Waals surface area contributed by atoms with E-state index in [1.54, 1.807) is 35.3 Å². The molecule has 0 spiro atoms. The second-order valence-electron chi connectivity index (χ2n) is 7.15. The van der Waals surface area contributed by atoms with E-state index in [1.807, 2.05) is 12.1 Å². The molecule has 0 unspecified atom stereocenters. The maximum Gasteiger partial charge on any atom is 0.268 e. The lowest BCUT2D eigenvalue weighted by Crippen LogP contribution is -2.40. The Hall–Kier alpha value is -3.55. The van der Waals surface area contributed by atoms with Gasteiger partial charge in [-0.15, -0.1) is 0 Å². The van der Waals surface area contributed by atoms with Crippen molar-refractivity contribution in [3.05, 3.63) is 81.3 Å². The van der Waals surface area contributed by atoms with Crippen molar-refractivity contribution in [1.29, 1.82) is 0 Å². The lowest BCUT2D eigenvalue weighted by atomic mass is 9.91. The van der Waals surface area contributed by atoms with Crippen LogP contribution in [0.5, 0.6) is 0 Å². The van der Waals surface area contributed by atoms with Crippen LogP contribution in [0.4, 0.5) is 0 Å². The summed E-state index contributed by atoms with van der Waals surface area (Å²) in [4.78, 5) is 42.7. The Bertz CT molecular complexity index is 1110. The van der Waals surface area contributed by atoms with E-state index in [0.29, 0.717) is 5.69 Å². The molecule has 0 atom stereocenters. The molecule has 2 N–H and O–H groups in total. The van der Waals surface area contributed by atoms with Crippen LogP contribution in [-0.2, 0) is 0 Å². The summed E-state index contributed by atoms with van der Waals surface area (Å²) in [5.74, 6) is -0.292. The maximum absolute atomic E-state index is 12.4. The average molecular weight is 391 g/mol. The van der Waals surface area contributed by atoms with Crippen molar-refractivity contribution in [3.8, 4) is 11.3 Å². The summed E-state index contributed by atoms with van der Waals surface area (Å²) in [7, 11) is 0. The van der Waals surface area contributed by atoms with Crippen molar-refractivity contribution in [2.75, 3.05) is 0 Å². The van der Waals surface area contributed by atoms with Crippen LogP contribution in [-0.4, -0.2) is 31.7 Å². The van der Waals surface area contributed by atoms with Crippen molar-refractivity contribution in [2.24, 2.45) is 0 Å². The molecule has 3 aromatic heterocycles. The van der Waals surface area contributed by atoms with Gasteiger partial charge in [-0.3, -0.25) is 19.4 Å². The third-order valence-corrected chi connectivity index (χ3v) is 5.17. The van der Waals surface area contributed by atoms with Gasteiger partial charge in [0.1, 0.15) is 5.69 Å². The summed E-state index contributed by atoms with van der Waals surface area (Å²) in [5.41, 5.74) is 1.38. The van der Waals surface area contributed by atoms with Crippen LogP contribution in [0.3, 0.4) is 0 Å². The van der Waals surface area contributed by atoms with Gasteiger partial charge in [0.05, 0.1) is 11.7 Å². The second kappa shape index (κ2) is 8.22. The van der Waals surface area contributed by atoms with Gasteiger partial charge in [-0.05, 0) is 49.9 Å². The minimum absolute atomic E-state index is 0.000309. The maximum atomic E-state index is 12.4. The standard InChI is InChI=1S/C21H21N5O3/c27-19-5-1-4-18(24-19)21(29)23-15-6-8-16(9-7-15)26-20(28)11-10-17(25-26)14-3-2-12-22-13-14/h1-5,10-13,15-16H,6-9H2,(H,23,29)(H,24,27). The Labute approximate surface area is 166 Å². The molecule has 8 heteroatoms. The molecule has 1 aliphatic rings. The van der Waals surface area contributed by atoms with Gasteiger partial charge in [0.2, 0.25) is 5.56 Å². The zero-order chi connectivity index (χ0) is 20.2. The monoisotopic (exact) mass is 391 g/mol. The number of nitrogens with zero attached hydrogens (tertiary/aromatic N) is 3. The molecule has 1 aliphatic carbocycles. The normalized spacial score (nSPS) is 18.9. The molecule has 1 saturated carbocycles. The van der Waals surface area contributed by atoms with Crippen LogP contribution in [0.15, 0.2) is 64.4 Å². The van der Waals surface area contributed by atoms with Crippen molar-refractivity contribution >= 4 is 5.91 Å². The number of rotatable bonds is 4. The van der Waals surface area contributed by atoms with E-state index in [2.05, 4.69) is 20.4 Å². The topological polar surface area (TPSA) is 110 Å². The third kappa shape index (κ3) is 4.31. The highest BCUT2D eigenvalue weighted by Gasteiger charge is 2.25. The Morgan fingerprint density at radius 1 is 1.03 bits per heavy atom. The van der Waals surface area contributed by atoms with Gasteiger partial charge in [-0.1, -0.05) is 6.07 Å². The number of nitrogens with one attached hydrogen (secondary N) is 2. The fourth-order valence-electron chi connectivity index (χ4n) is 3.66. The number of hydrogen-bond donors (Lipinski definition) is 2. The first kappa shape index (κ1) is 18.8. The molecular weight excluding hydrogens is 370 g/mol. The van der Waals surface area contributed by atoms with Gasteiger partial charge in [0.25, 0.3) is 11.5 Å². The molecule has 0 aromatic carbocycles. The van der Waals surface area contributed by atoms with Crippen LogP contribution in [0.2, 0.25) is 0 Å². The number of amides is 1. The summed E-state index contributed by atoms with van der Waals surface area (Å²) >= 11 is 0. The smallest absolute Gasteiger partial charge is 0.268 e. The zero-order valence-electron chi connectivity index (χ0n) is 15.7. The summed E-state index contributed by atoms with van der Waals surface area (Å²) < 4.78 is 1.55. The highest BCUT2D eigenvalue weighted by Crippen LogP contribution is 2.27. The predicted octanol–water partition coefficient (Wildman–Crippen LogP) is 1.91. The third-order valence-electron chi connectivity index (χ3n) is 5.17. The molecule has 3 aromatic rings. The Kier molecular flexibility index (Phi) is 5.33. The Balaban J connectivity index is 1.43. The number of hydrogen-bond acceptors (Lipinski definition) is 5. The minimum atomic E-state index is -0.305. The highest BCUT2D eigenvalue weighted by molar-refractivity contribution is 5.92. The molecule has 0 saturated heterocycles. The summed E-state index contributed by atoms with van der Waals surface area (Å²) in [6.45, 7) is 0. The van der Waals surface area contributed by atoms with Crippen molar-refractivity contribution in [2.45, 2.75) is 37.8 Å². The van der Waals surface area contributed by atoms with E-state index in [1.165, 1.54) is 12.1 Å². The first-order valence-corrected chi connectivity index (χ1v) is 9.60. The van der Waals surface area contributed by atoms with Gasteiger partial charge < -0.3 is 10.3 Å². The lowest BCUT2D eigenvalue weighted by molar-refractivity contribution is 0.0916. The fourth-order valence-corrected chi connectivity index (χ4v) is 3.66. The molecule has 0 bridgehead atoms. The van der Waals surface area contributed by atoms with Crippen LogP contribution >= 0.6 is 0 Å². The van der Waals surface area contributed by atoms with Crippen molar-refractivity contribution in [1.82, 2.24) is 25.1 Å². The van der Waals surface area contributed by atoms with Crippen LogP contribution in [0.1, 0.15) is 42.2 Å². The average Bonchev–Trinajstić information content (AvgIpc) is 2.75. The molecule has 1 amide bonds. The van der Waals surface area contributed by atoms with E-state index in [9.17, 15) is 14.4 Å². The summed E-state index contributed by atoms with van der Waals surface area (Å²) in [6.07, 6.45) is 6.36. The second-order valence-corrected chi connectivity index (χ2v) is 7.15. The van der Waals surface area contributed by atoms with Gasteiger partial charge >= 0.3 is 0 Å². The molecule has 3 heterocycles. The van der Waals surface area contributed by atoms with Crippen molar-refractivity contribution < 1.29 is 4.79 Å². The number of carbonyl (C=O) groups is 1. The molecule has 8 nitrogen and oxygen atoms in total. The molecule has 29 heavy (non-hydrogen) atoms. The van der Waals surface area contributed by atoms with E-state index in [0.717, 1.165) is 31.2 Å². The number of carbonyl (C=O) groups excluding carboxylic acids is 1. The molecule has 4 rings (SSSR count). The van der Waals surface area contributed by atoms with Gasteiger partial charge in [0, 0.05) is 36.1 Å². The number of pyridine rings is 2. The number of H-pyrrole nitrogens is 1. The predicted molar refractivity (Wildman–Crippen MR) is 108 cm³/mol. The highest BCUT2D eigenvalue weighted by atomic mass is 16.2. The lowest BCUT2D eigenvalue weighted by Gasteiger charge is -2.29. The largest absolute Gasteiger partial charge is 0.348 e. The summed E-state index contributed by atoms with van der Waals surface area (Å²) in [5, 5.41) is 7.51. The first-order chi connectivity index (χ1) is 14.1. The Morgan fingerprint density at radius 3 is 2.59 bits per heavy atom. The SMILES string of the molecule is O=C(NC1CCC(n2nc(-c3cccnc3)ccc2=O)CC1)c1cccc(=O)[nH]1. The number of aromatic amines is 1. The quantitative estimate of drug-likeness (QED) is 0.706. The molecular formula is C21H21N5O3. The van der Waals surface area contributed by atoms with Crippen LogP contribution in [0, 0.1) is 0 Å². The van der Waals surface area contributed by atoms with Gasteiger partial charge in [-0.2, -0.15) is 5.10 Å². The molecule has 0 aliphatic heterocycles. The fraction of sp³-hybridized carbons (Fsp3) is 0.286. The Morgan fingerprint density at radius 2 is 1.86 bits per heavy atom. The van der Waals surface area contributed by atoms with E-state index >= 15 is 0 Å². The van der Waals surface area contributed by atoms with Crippen LogP contribution in [0.25, 0.3) is 11.3 Å². The summed E-state index contributed by atoms with van der Waals surface area (Å²) in [6, 6.07) is 11.5. The van der Waals surface area contributed by atoms with Crippen LogP contribution < -0.4 is 16.4 Å². The molecule has 148 valence electrons. The molecule has 0 radical (unpaired) electrons. The van der Waals surface area contributed by atoms with Gasteiger partial charge in [0.15, 0.2) is 0 Å². The van der Waals surface area contributed by atoms with Crippen molar-refractivity contribution in [3.63, 3.8) is 0 Å². The van der Waals surface area contributed by atoms with E-state index < -0.39 is 0 Å². The zero-order valence-corrected chi connectivity index (χ0v) is 15.7. The van der Waals surface area contributed by atoms with Gasteiger partial charge in [-0.25, -0.2) is 4.68 Å². The van der Waals surface area contributed by atoms with E-state index in [-0.39, 0.29) is 34.8 Å². The molecule has 1 fully saturated rings. The minimum Gasteiger partial charge on any atom is -0.348 e. The van der Waals surface area contributed by atoms with E-state index in [4.69, 9.17) is 0 Å².